The van der Waals surface area contributed by atoms with Crippen LogP contribution >= 0.6 is 38.5 Å². The molecule has 0 amide bonds. The molecule has 1 aromatic rings. The molecule has 0 saturated heterocycles. The maximum atomic E-state index is 11.2. The maximum absolute atomic E-state index is 11.2. The van der Waals surface area contributed by atoms with E-state index in [0.29, 0.717) is 21.3 Å². The molecule has 0 unspecified atom stereocenters. The lowest BCUT2D eigenvalue weighted by Gasteiger charge is -1.96. The lowest BCUT2D eigenvalue weighted by molar-refractivity contribution is 0.0513. The third-order valence-corrected chi connectivity index (χ3v) is 2.91. The molecule has 13 heavy (non-hydrogen) atoms. The van der Waals surface area contributed by atoms with Crippen molar-refractivity contribution in [2.24, 2.45) is 0 Å². The Morgan fingerprint density at radius 2 is 2.46 bits per heavy atom. The summed E-state index contributed by atoms with van der Waals surface area (Å²) in [4.78, 5) is 11.2. The summed E-state index contributed by atoms with van der Waals surface area (Å²) in [7, 11) is 0. The first kappa shape index (κ1) is 11.0. The van der Waals surface area contributed by atoms with Crippen molar-refractivity contribution in [3.63, 3.8) is 0 Å². The number of hydrogen-bond donors (Lipinski definition) is 0. The zero-order valence-corrected chi connectivity index (χ0v) is 10.6. The van der Waals surface area contributed by atoms with Crippen molar-refractivity contribution in [2.45, 2.75) is 12.3 Å². The molecule has 1 heterocycles. The van der Waals surface area contributed by atoms with E-state index in [1.807, 2.05) is 22.6 Å². The van der Waals surface area contributed by atoms with Gasteiger partial charge < -0.3 is 9.26 Å². The number of nitrogens with zero attached hydrogens (tertiary/aromatic N) is 1. The van der Waals surface area contributed by atoms with Gasteiger partial charge in [0.1, 0.15) is 0 Å². The molecule has 0 aromatic carbocycles. The number of carbonyl (C=O) groups excluding carboxylic acids is 1. The second-order valence-corrected chi connectivity index (χ2v) is 3.76. The molecule has 0 N–H and O–H groups in total. The van der Waals surface area contributed by atoms with E-state index in [9.17, 15) is 4.79 Å². The summed E-state index contributed by atoms with van der Waals surface area (Å²) in [5, 5.41) is 4.16. The second-order valence-electron chi connectivity index (χ2n) is 2.12. The van der Waals surface area contributed by atoms with Gasteiger partial charge in [-0.15, -0.1) is 0 Å². The van der Waals surface area contributed by atoms with E-state index in [-0.39, 0.29) is 5.69 Å². The van der Waals surface area contributed by atoms with Crippen LogP contribution in [-0.4, -0.2) is 17.7 Å². The Morgan fingerprint density at radius 3 is 2.92 bits per heavy atom. The maximum Gasteiger partial charge on any atom is 0.361 e. The van der Waals surface area contributed by atoms with Crippen molar-refractivity contribution in [3.8, 4) is 0 Å². The molecule has 0 bridgehead atoms. The Hall–Kier alpha value is -0.110. The Morgan fingerprint density at radius 1 is 1.77 bits per heavy atom. The van der Waals surface area contributed by atoms with Gasteiger partial charge in [0.25, 0.3) is 0 Å². The summed E-state index contributed by atoms with van der Waals surface area (Å²) in [5.74, 6) is 0.200. The molecule has 1 aromatic heterocycles. The van der Waals surface area contributed by atoms with Crippen molar-refractivity contribution >= 4 is 44.5 Å². The Labute approximate surface area is 97.3 Å². The van der Waals surface area contributed by atoms with Crippen LogP contribution in [0.25, 0.3) is 0 Å². The third kappa shape index (κ3) is 2.43. The van der Waals surface area contributed by atoms with Crippen LogP contribution < -0.4 is 0 Å². The number of halogens is 2. The van der Waals surface area contributed by atoms with E-state index >= 15 is 0 Å². The largest absolute Gasteiger partial charge is 0.461 e. The van der Waals surface area contributed by atoms with Crippen LogP contribution in [0.4, 0.5) is 0 Å². The van der Waals surface area contributed by atoms with Crippen LogP contribution in [0.1, 0.15) is 23.2 Å². The Bertz CT molecular complexity index is 313. The van der Waals surface area contributed by atoms with Gasteiger partial charge in [0, 0.05) is 0 Å². The van der Waals surface area contributed by atoms with Crippen molar-refractivity contribution in [2.75, 3.05) is 6.61 Å². The number of alkyl halides is 1. The van der Waals surface area contributed by atoms with Crippen molar-refractivity contribution in [1.82, 2.24) is 5.16 Å². The first-order valence-corrected chi connectivity index (χ1v) is 5.77. The van der Waals surface area contributed by atoms with Gasteiger partial charge in [-0.1, -0.05) is 21.1 Å². The average Bonchev–Trinajstić information content (AvgIpc) is 2.47. The number of rotatable bonds is 3. The predicted octanol–water partition coefficient (Wildman–Crippen LogP) is 2.35. The van der Waals surface area contributed by atoms with Crippen LogP contribution in [0, 0.1) is 3.57 Å². The fraction of sp³-hybridized carbons (Fsp3) is 0.429. The van der Waals surface area contributed by atoms with Crippen molar-refractivity contribution in [3.05, 3.63) is 15.0 Å². The standard InChI is InChI=1S/C7H7BrINO3/c1-2-12-7(11)6-5(9)4(3-8)13-10-6/h2-3H2,1H3. The number of carbonyl (C=O) groups is 1. The smallest absolute Gasteiger partial charge is 0.361 e. The van der Waals surface area contributed by atoms with E-state index in [1.54, 1.807) is 6.92 Å². The molecule has 1 rings (SSSR count). The van der Waals surface area contributed by atoms with Gasteiger partial charge in [-0.3, -0.25) is 0 Å². The van der Waals surface area contributed by atoms with Gasteiger partial charge in [0.05, 0.1) is 15.5 Å². The van der Waals surface area contributed by atoms with Gasteiger partial charge >= 0.3 is 5.97 Å². The minimum atomic E-state index is -0.442. The van der Waals surface area contributed by atoms with Gasteiger partial charge in [-0.2, -0.15) is 0 Å². The number of ether oxygens (including phenoxy) is 1. The SMILES string of the molecule is CCOC(=O)c1noc(CBr)c1I. The summed E-state index contributed by atoms with van der Waals surface area (Å²) in [6.07, 6.45) is 0. The molecule has 6 heteroatoms. The number of hydrogen-bond acceptors (Lipinski definition) is 4. The number of aromatic nitrogens is 1. The molecule has 72 valence electrons. The highest BCUT2D eigenvalue weighted by molar-refractivity contribution is 14.1. The molecule has 0 aliphatic heterocycles. The summed E-state index contributed by atoms with van der Waals surface area (Å²) >= 11 is 5.22. The average molecular weight is 360 g/mol. The Kier molecular flexibility index (Phi) is 4.17. The third-order valence-electron chi connectivity index (χ3n) is 1.29. The van der Waals surface area contributed by atoms with Crippen LogP contribution in [0.5, 0.6) is 0 Å². The molecule has 0 atom stereocenters. The Balaban J connectivity index is 2.89. The monoisotopic (exact) mass is 359 g/mol. The highest BCUT2D eigenvalue weighted by Gasteiger charge is 2.19. The molecular weight excluding hydrogens is 353 g/mol. The second kappa shape index (κ2) is 4.94. The summed E-state index contributed by atoms with van der Waals surface area (Å²) in [6, 6.07) is 0. The van der Waals surface area contributed by atoms with Gasteiger partial charge in [0.2, 0.25) is 5.69 Å². The minimum Gasteiger partial charge on any atom is -0.461 e. The fourth-order valence-electron chi connectivity index (χ4n) is 0.722. The van der Waals surface area contributed by atoms with E-state index in [4.69, 9.17) is 9.26 Å². The summed E-state index contributed by atoms with van der Waals surface area (Å²) in [5.41, 5.74) is 0.247. The molecule has 0 saturated carbocycles. The normalized spacial score (nSPS) is 10.1. The molecular formula is C7H7BrINO3. The first-order chi connectivity index (χ1) is 6.20. The van der Waals surface area contributed by atoms with E-state index in [0.717, 1.165) is 0 Å². The van der Waals surface area contributed by atoms with Crippen molar-refractivity contribution < 1.29 is 14.1 Å². The summed E-state index contributed by atoms with van der Waals surface area (Å²) in [6.45, 7) is 2.08. The van der Waals surface area contributed by atoms with Gasteiger partial charge in [-0.05, 0) is 29.5 Å². The van der Waals surface area contributed by atoms with Crippen LogP contribution in [0.3, 0.4) is 0 Å². The molecule has 4 nitrogen and oxygen atoms in total. The first-order valence-electron chi connectivity index (χ1n) is 3.57. The van der Waals surface area contributed by atoms with E-state index < -0.39 is 5.97 Å². The minimum absolute atomic E-state index is 0.247. The zero-order valence-electron chi connectivity index (χ0n) is 6.84. The molecule has 0 fully saturated rings. The van der Waals surface area contributed by atoms with Gasteiger partial charge in [0.15, 0.2) is 5.76 Å². The van der Waals surface area contributed by atoms with E-state index in [2.05, 4.69) is 21.1 Å². The van der Waals surface area contributed by atoms with Crippen molar-refractivity contribution in [1.29, 1.82) is 0 Å². The van der Waals surface area contributed by atoms with E-state index in [1.165, 1.54) is 0 Å². The number of esters is 1. The lowest BCUT2D eigenvalue weighted by Crippen LogP contribution is -2.06. The molecule has 0 radical (unpaired) electrons. The quantitative estimate of drug-likeness (QED) is 0.472. The highest BCUT2D eigenvalue weighted by Crippen LogP contribution is 2.19. The predicted molar refractivity (Wildman–Crippen MR) is 57.8 cm³/mol. The van der Waals surface area contributed by atoms with Crippen LogP contribution in [-0.2, 0) is 10.1 Å². The van der Waals surface area contributed by atoms with Crippen LogP contribution in [0.2, 0.25) is 0 Å². The lowest BCUT2D eigenvalue weighted by atomic mass is 10.4. The molecule has 0 aliphatic rings. The summed E-state index contributed by atoms with van der Waals surface area (Å²) < 4.78 is 10.4. The highest BCUT2D eigenvalue weighted by atomic mass is 127. The molecule has 0 spiro atoms. The zero-order chi connectivity index (χ0) is 9.84. The molecule has 0 aliphatic carbocycles. The topological polar surface area (TPSA) is 52.3 Å². The van der Waals surface area contributed by atoms with Gasteiger partial charge in [-0.25, -0.2) is 4.79 Å². The fourth-order valence-corrected chi connectivity index (χ4v) is 2.24. The van der Waals surface area contributed by atoms with Crippen LogP contribution in [0.15, 0.2) is 4.52 Å².